The number of rotatable bonds is 9. The van der Waals surface area contributed by atoms with E-state index in [2.05, 4.69) is 15.0 Å². The Balaban J connectivity index is 1.54. The van der Waals surface area contributed by atoms with E-state index >= 15 is 4.39 Å². The fraction of sp³-hybridized carbons (Fsp3) is 0.357. The lowest BCUT2D eigenvalue weighted by atomic mass is 9.91. The number of aliphatic hydroxyl groups is 1. The average Bonchev–Trinajstić information content (AvgIpc) is 3.82. The van der Waals surface area contributed by atoms with E-state index in [1.807, 2.05) is 0 Å². The van der Waals surface area contributed by atoms with Gasteiger partial charge in [0.05, 0.1) is 39.1 Å². The number of benzene rings is 2. The maximum atomic E-state index is 16.3. The first-order chi connectivity index (χ1) is 23.1. The fourth-order valence-corrected chi connectivity index (χ4v) is 5.56. The number of methoxy groups -OCH3 is 3. The summed E-state index contributed by atoms with van der Waals surface area (Å²) in [7, 11) is 3.64. The first-order valence-electron chi connectivity index (χ1n) is 13.8. The van der Waals surface area contributed by atoms with Crippen LogP contribution in [0.4, 0.5) is 10.2 Å². The molecule has 0 spiro atoms. The third-order valence-electron chi connectivity index (χ3n) is 7.65. The lowest BCUT2D eigenvalue weighted by Crippen LogP contribution is -2.46. The van der Waals surface area contributed by atoms with E-state index < -0.39 is 54.0 Å². The summed E-state index contributed by atoms with van der Waals surface area (Å²) in [5, 5.41) is 13.7. The highest BCUT2D eigenvalue weighted by atomic mass is 19.1. The van der Waals surface area contributed by atoms with Crippen LogP contribution in [0.2, 0.25) is 0 Å². The van der Waals surface area contributed by atoms with E-state index in [4.69, 9.17) is 48.4 Å². The molecule has 3 aliphatic heterocycles. The van der Waals surface area contributed by atoms with Gasteiger partial charge in [-0.3, -0.25) is 4.57 Å². The van der Waals surface area contributed by atoms with Gasteiger partial charge in [0.2, 0.25) is 30.8 Å². The molecule has 252 valence electrons. The van der Waals surface area contributed by atoms with Gasteiger partial charge in [0.1, 0.15) is 5.82 Å². The smallest absolute Gasteiger partial charge is 0.351 e. The number of alkyl halides is 1. The third-order valence-corrected chi connectivity index (χ3v) is 7.65. The minimum atomic E-state index is -2.57. The molecule has 1 fully saturated rings. The molecule has 0 unspecified atom stereocenters. The van der Waals surface area contributed by atoms with Gasteiger partial charge in [0.25, 0.3) is 0 Å². The van der Waals surface area contributed by atoms with E-state index in [1.165, 1.54) is 32.4 Å². The number of carbonyl (C=O) groups is 2. The number of carbonyl (C=O) groups excluding carboxylic acids is 2. The summed E-state index contributed by atoms with van der Waals surface area (Å²) in [6, 6.07) is 3.65. The molecule has 0 amide bonds. The standard InChI is InChI=1S/C28H25FN6O13/c1-40-21-16(11(25(37)42-3)6-13-19(21)45-9-43-13)17-12(7-14-20(22(17)41-2)46-10-44-14)26(38)47-23-18(29)24(48-28(23,8-36)33-34-31)35-5-4-15(30)32-27(35)39/h4-7,18,23-24,36H,8-10H2,1-3H3,(H2,30,32,39)/t18-,23-,24+,28+/m0/s1. The van der Waals surface area contributed by atoms with Crippen LogP contribution in [0, 0.1) is 0 Å². The van der Waals surface area contributed by atoms with Crippen LogP contribution in [0.5, 0.6) is 34.5 Å². The maximum Gasteiger partial charge on any atom is 0.351 e. The minimum absolute atomic E-state index is 0.00203. The Labute approximate surface area is 267 Å². The number of fused-ring (bicyclic) bond motifs is 2. The number of aliphatic hydroxyl groups excluding tert-OH is 1. The van der Waals surface area contributed by atoms with Gasteiger partial charge in [-0.25, -0.2) is 18.8 Å². The second kappa shape index (κ2) is 12.3. The van der Waals surface area contributed by atoms with Gasteiger partial charge in [-0.2, -0.15) is 4.98 Å². The highest BCUT2D eigenvalue weighted by Crippen LogP contribution is 2.56. The van der Waals surface area contributed by atoms with Crippen LogP contribution >= 0.6 is 0 Å². The molecule has 0 saturated carbocycles. The summed E-state index contributed by atoms with van der Waals surface area (Å²) in [6.45, 7) is -1.70. The maximum absolute atomic E-state index is 16.3. The Hall–Kier alpha value is -5.98. The van der Waals surface area contributed by atoms with Gasteiger partial charge in [0, 0.05) is 22.2 Å². The number of hydrogen-bond donors (Lipinski definition) is 2. The number of hydrogen-bond acceptors (Lipinski definition) is 16. The molecule has 3 aliphatic rings. The van der Waals surface area contributed by atoms with Crippen molar-refractivity contribution in [1.82, 2.24) is 9.55 Å². The van der Waals surface area contributed by atoms with Gasteiger partial charge in [0.15, 0.2) is 41.5 Å². The van der Waals surface area contributed by atoms with Gasteiger partial charge in [-0.1, -0.05) is 5.11 Å². The number of anilines is 1. The predicted octanol–water partition coefficient (Wildman–Crippen LogP) is 1.85. The fourth-order valence-electron chi connectivity index (χ4n) is 5.56. The topological polar surface area (TPSA) is 247 Å². The highest BCUT2D eigenvalue weighted by molar-refractivity contribution is 6.08. The second-order valence-corrected chi connectivity index (χ2v) is 10.1. The number of nitrogen functional groups attached to an aromatic ring is 1. The lowest BCUT2D eigenvalue weighted by Gasteiger charge is -2.27. The van der Waals surface area contributed by atoms with Crippen molar-refractivity contribution in [1.29, 1.82) is 0 Å². The first kappa shape index (κ1) is 32.0. The van der Waals surface area contributed by atoms with Crippen molar-refractivity contribution in [2.75, 3.05) is 47.3 Å². The zero-order valence-electron chi connectivity index (χ0n) is 25.2. The van der Waals surface area contributed by atoms with Crippen LogP contribution in [0.25, 0.3) is 21.6 Å². The molecule has 0 aliphatic carbocycles. The summed E-state index contributed by atoms with van der Waals surface area (Å²) < 4.78 is 66.6. The molecular weight excluding hydrogens is 647 g/mol. The number of nitrogens with zero attached hydrogens (tertiary/aromatic N) is 5. The molecule has 0 radical (unpaired) electrons. The van der Waals surface area contributed by atoms with Gasteiger partial charge in [-0.05, 0) is 23.7 Å². The zero-order chi connectivity index (χ0) is 34.3. The largest absolute Gasteiger partial charge is 0.492 e. The van der Waals surface area contributed by atoms with Crippen molar-refractivity contribution in [3.8, 4) is 45.6 Å². The van der Waals surface area contributed by atoms with Crippen LogP contribution in [-0.4, -0.2) is 86.1 Å². The number of halogens is 1. The molecule has 2 aromatic carbocycles. The van der Waals surface area contributed by atoms with Crippen molar-refractivity contribution in [2.24, 2.45) is 5.11 Å². The molecule has 4 heterocycles. The number of azide groups is 1. The molecule has 19 nitrogen and oxygen atoms in total. The zero-order valence-corrected chi connectivity index (χ0v) is 25.2. The van der Waals surface area contributed by atoms with Crippen LogP contribution in [0.1, 0.15) is 26.9 Å². The van der Waals surface area contributed by atoms with Crippen LogP contribution in [-0.2, 0) is 14.2 Å². The Morgan fingerprint density at radius 2 is 1.67 bits per heavy atom. The Bertz CT molecular complexity index is 1930. The Morgan fingerprint density at radius 3 is 2.17 bits per heavy atom. The Kier molecular flexibility index (Phi) is 8.21. The van der Waals surface area contributed by atoms with Crippen molar-refractivity contribution in [3.63, 3.8) is 0 Å². The predicted molar refractivity (Wildman–Crippen MR) is 155 cm³/mol. The molecule has 1 saturated heterocycles. The van der Waals surface area contributed by atoms with Crippen molar-refractivity contribution in [3.05, 3.63) is 56.4 Å². The van der Waals surface area contributed by atoms with Gasteiger partial charge < -0.3 is 53.5 Å². The molecule has 1 aromatic heterocycles. The molecular formula is C28H25FN6O13. The summed E-state index contributed by atoms with van der Waals surface area (Å²) in [5.74, 6) is -2.37. The van der Waals surface area contributed by atoms with Gasteiger partial charge >= 0.3 is 17.6 Å². The molecule has 20 heteroatoms. The summed E-state index contributed by atoms with van der Waals surface area (Å²) in [4.78, 5) is 46.1. The minimum Gasteiger partial charge on any atom is -0.492 e. The van der Waals surface area contributed by atoms with Crippen molar-refractivity contribution in [2.45, 2.75) is 24.2 Å². The number of ether oxygens (including phenoxy) is 9. The third kappa shape index (κ3) is 4.94. The average molecular weight is 673 g/mol. The number of nitrogens with two attached hydrogens (primary N) is 1. The first-order valence-corrected chi connectivity index (χ1v) is 13.8. The summed E-state index contributed by atoms with van der Waals surface area (Å²) in [5.41, 5.74) is 10.4. The second-order valence-electron chi connectivity index (χ2n) is 10.1. The monoisotopic (exact) mass is 672 g/mol. The molecule has 4 atom stereocenters. The molecule has 6 rings (SSSR count). The van der Waals surface area contributed by atoms with E-state index in [0.717, 1.165) is 13.3 Å². The number of esters is 2. The number of aromatic nitrogens is 2. The van der Waals surface area contributed by atoms with Crippen LogP contribution in [0.3, 0.4) is 0 Å². The SMILES string of the molecule is COC(=O)c1cc2c(c(OC)c1-c1c(C(=O)O[C@H]3[C@H](F)[C@H](n4ccc(N)nc4=O)O[C@@]3(CO)N=[N+]=[N-])cc3c(c1OC)OCO3)OCO2. The summed E-state index contributed by atoms with van der Waals surface area (Å²) in [6.07, 6.45) is -5.43. The quantitative estimate of drug-likeness (QED) is 0.142. The van der Waals surface area contributed by atoms with E-state index in [0.29, 0.717) is 4.57 Å². The molecule has 3 aromatic rings. The van der Waals surface area contributed by atoms with Crippen LogP contribution in [0.15, 0.2) is 34.3 Å². The van der Waals surface area contributed by atoms with Gasteiger partial charge in [-0.15, -0.1) is 0 Å². The molecule has 3 N–H and O–H groups in total. The highest BCUT2D eigenvalue weighted by Gasteiger charge is 2.59. The lowest BCUT2D eigenvalue weighted by molar-refractivity contribution is -0.126. The molecule has 48 heavy (non-hydrogen) atoms. The molecule has 0 bridgehead atoms. The van der Waals surface area contributed by atoms with Crippen molar-refractivity contribution < 1.29 is 61.7 Å². The normalized spacial score (nSPS) is 21.7. The van der Waals surface area contributed by atoms with E-state index in [1.54, 1.807) is 0 Å². The summed E-state index contributed by atoms with van der Waals surface area (Å²) >= 11 is 0. The van der Waals surface area contributed by atoms with E-state index in [9.17, 15) is 25.0 Å². The Morgan fingerprint density at radius 1 is 1.08 bits per heavy atom. The van der Waals surface area contributed by atoms with Crippen molar-refractivity contribution >= 4 is 17.8 Å². The van der Waals surface area contributed by atoms with Crippen LogP contribution < -0.4 is 39.8 Å². The van der Waals surface area contributed by atoms with E-state index in [-0.39, 0.29) is 70.6 Å².